The van der Waals surface area contributed by atoms with E-state index in [1.54, 1.807) is 23.3 Å². The fraction of sp³-hybridized carbons (Fsp3) is 0.733. The number of rotatable bonds is 4. The predicted octanol–water partition coefficient (Wildman–Crippen LogP) is 2.53. The van der Waals surface area contributed by atoms with Gasteiger partial charge in [0.2, 0.25) is 5.91 Å². The van der Waals surface area contributed by atoms with Crippen LogP contribution in [0.3, 0.4) is 0 Å². The quantitative estimate of drug-likeness (QED) is 0.842. The first kappa shape index (κ1) is 17.4. The van der Waals surface area contributed by atoms with Gasteiger partial charge in [0.15, 0.2) is 9.84 Å². The van der Waals surface area contributed by atoms with Crippen LogP contribution in [0.15, 0.2) is 0 Å². The Morgan fingerprint density at radius 2 is 2.00 bits per heavy atom. The van der Waals surface area contributed by atoms with Gasteiger partial charge < -0.3 is 4.90 Å². The molecule has 0 unspecified atom stereocenters. The fourth-order valence-corrected chi connectivity index (χ4v) is 5.61. The van der Waals surface area contributed by atoms with Crippen LogP contribution >= 0.6 is 11.3 Å². The molecular formula is C15H24N2O3S2. The predicted molar refractivity (Wildman–Crippen MR) is 88.9 cm³/mol. The maximum absolute atomic E-state index is 12.5. The van der Waals surface area contributed by atoms with Crippen molar-refractivity contribution >= 4 is 27.1 Å². The average Bonchev–Trinajstić information content (AvgIpc) is 2.99. The van der Waals surface area contributed by atoms with Gasteiger partial charge >= 0.3 is 0 Å². The number of amides is 1. The Hall–Kier alpha value is -0.950. The summed E-state index contributed by atoms with van der Waals surface area (Å²) in [5, 5.41) is 1.07. The number of thiazole rings is 1. The summed E-state index contributed by atoms with van der Waals surface area (Å²) >= 11 is 1.64. The number of carbonyl (C=O) groups excluding carboxylic acids is 1. The van der Waals surface area contributed by atoms with Crippen molar-refractivity contribution in [2.75, 3.05) is 18.6 Å². The molecule has 1 aliphatic heterocycles. The summed E-state index contributed by atoms with van der Waals surface area (Å²) < 4.78 is 23.1. The zero-order valence-corrected chi connectivity index (χ0v) is 15.4. The van der Waals surface area contributed by atoms with Crippen LogP contribution in [0.25, 0.3) is 0 Å². The minimum atomic E-state index is -3.04. The maximum Gasteiger partial charge on any atom is 0.227 e. The topological polar surface area (TPSA) is 67.3 Å². The van der Waals surface area contributed by atoms with Gasteiger partial charge in [-0.15, -0.1) is 11.3 Å². The molecule has 22 heavy (non-hydrogen) atoms. The summed E-state index contributed by atoms with van der Waals surface area (Å²) in [5.41, 5.74) is 0.958. The molecule has 0 spiro atoms. The van der Waals surface area contributed by atoms with E-state index in [2.05, 4.69) is 18.8 Å². The van der Waals surface area contributed by atoms with Crippen LogP contribution in [0.1, 0.15) is 54.7 Å². The second kappa shape index (κ2) is 6.28. The van der Waals surface area contributed by atoms with Crippen LogP contribution < -0.4 is 0 Å². The van der Waals surface area contributed by atoms with Crippen LogP contribution in [0.5, 0.6) is 0 Å². The molecule has 1 aliphatic rings. The largest absolute Gasteiger partial charge is 0.338 e. The third-order valence-electron chi connectivity index (χ3n) is 4.23. The minimum Gasteiger partial charge on any atom is -0.338 e. The van der Waals surface area contributed by atoms with Crippen LogP contribution in [0.4, 0.5) is 0 Å². The van der Waals surface area contributed by atoms with Gasteiger partial charge in [-0.3, -0.25) is 4.79 Å². The van der Waals surface area contributed by atoms with Crippen molar-refractivity contribution in [1.29, 1.82) is 0 Å². The van der Waals surface area contributed by atoms with Gasteiger partial charge in [-0.2, -0.15) is 0 Å². The van der Waals surface area contributed by atoms with Crippen molar-refractivity contribution in [2.45, 2.75) is 46.1 Å². The normalized spacial score (nSPS) is 22.0. The van der Waals surface area contributed by atoms with Gasteiger partial charge in [0.25, 0.3) is 0 Å². The highest BCUT2D eigenvalue weighted by Gasteiger charge is 2.36. The number of carbonyl (C=O) groups is 1. The second-order valence-corrected chi connectivity index (χ2v) is 9.67. The molecule has 1 amide bonds. The van der Waals surface area contributed by atoms with Crippen molar-refractivity contribution in [3.05, 3.63) is 15.6 Å². The van der Waals surface area contributed by atoms with Crippen LogP contribution in [-0.4, -0.2) is 42.8 Å². The van der Waals surface area contributed by atoms with Crippen LogP contribution in [0, 0.1) is 12.8 Å². The van der Waals surface area contributed by atoms with E-state index >= 15 is 0 Å². The highest BCUT2D eigenvalue weighted by Crippen LogP contribution is 2.33. The van der Waals surface area contributed by atoms with E-state index in [0.717, 1.165) is 15.6 Å². The van der Waals surface area contributed by atoms with Gasteiger partial charge in [-0.1, -0.05) is 13.8 Å². The summed E-state index contributed by atoms with van der Waals surface area (Å²) in [6.07, 6.45) is 0.442. The van der Waals surface area contributed by atoms with Gasteiger partial charge in [-0.05, 0) is 20.3 Å². The molecule has 1 saturated heterocycles. The van der Waals surface area contributed by atoms with Crippen molar-refractivity contribution < 1.29 is 13.2 Å². The SMILES string of the molecule is Cc1nc(C(C)C)sc1[C@@H](C)N(C)C(=O)[C@@H]1CCS(=O)(=O)C1. The summed E-state index contributed by atoms with van der Waals surface area (Å²) in [7, 11) is -1.28. The van der Waals surface area contributed by atoms with E-state index in [9.17, 15) is 13.2 Å². The van der Waals surface area contributed by atoms with Gasteiger partial charge in [-0.25, -0.2) is 13.4 Å². The van der Waals surface area contributed by atoms with E-state index in [4.69, 9.17) is 0 Å². The first-order valence-electron chi connectivity index (χ1n) is 7.56. The van der Waals surface area contributed by atoms with E-state index in [0.29, 0.717) is 12.3 Å². The number of hydrogen-bond donors (Lipinski definition) is 0. The highest BCUT2D eigenvalue weighted by atomic mass is 32.2. The molecule has 2 rings (SSSR count). The molecule has 0 radical (unpaired) electrons. The number of sulfone groups is 1. The Labute approximate surface area is 136 Å². The standard InChI is InChI=1S/C15H24N2O3S2/c1-9(2)14-16-10(3)13(21-14)11(4)17(5)15(18)12-6-7-22(19,20)8-12/h9,11-12H,6-8H2,1-5H3/t11-,12-/m1/s1. The molecule has 0 saturated carbocycles. The first-order valence-corrected chi connectivity index (χ1v) is 10.2. The molecule has 5 nitrogen and oxygen atoms in total. The highest BCUT2D eigenvalue weighted by molar-refractivity contribution is 7.91. The number of hydrogen-bond acceptors (Lipinski definition) is 5. The van der Waals surface area contributed by atoms with Crippen molar-refractivity contribution in [2.24, 2.45) is 5.92 Å². The molecule has 7 heteroatoms. The lowest BCUT2D eigenvalue weighted by molar-refractivity contribution is -0.135. The Kier molecular flexibility index (Phi) is 4.96. The number of aromatic nitrogens is 1. The molecule has 0 N–H and O–H groups in total. The molecule has 0 aliphatic carbocycles. The second-order valence-electron chi connectivity index (χ2n) is 6.38. The molecule has 0 aromatic carbocycles. The monoisotopic (exact) mass is 344 g/mol. The van der Waals surface area contributed by atoms with E-state index in [-0.39, 0.29) is 23.5 Å². The molecule has 124 valence electrons. The van der Waals surface area contributed by atoms with E-state index < -0.39 is 15.8 Å². The van der Waals surface area contributed by atoms with E-state index in [1.165, 1.54) is 0 Å². The van der Waals surface area contributed by atoms with Crippen molar-refractivity contribution in [3.63, 3.8) is 0 Å². The Morgan fingerprint density at radius 3 is 2.45 bits per heavy atom. The minimum absolute atomic E-state index is 0.0121. The molecule has 1 aromatic rings. The van der Waals surface area contributed by atoms with Crippen molar-refractivity contribution in [3.8, 4) is 0 Å². The van der Waals surface area contributed by atoms with Gasteiger partial charge in [0.1, 0.15) is 0 Å². The summed E-state index contributed by atoms with van der Waals surface area (Å²) in [6.45, 7) is 8.15. The number of nitrogens with zero attached hydrogens (tertiary/aromatic N) is 2. The maximum atomic E-state index is 12.5. The Morgan fingerprint density at radius 1 is 1.36 bits per heavy atom. The van der Waals surface area contributed by atoms with Crippen LogP contribution in [0.2, 0.25) is 0 Å². The lowest BCUT2D eigenvalue weighted by atomic mass is 10.1. The van der Waals surface area contributed by atoms with E-state index in [1.807, 2.05) is 13.8 Å². The first-order chi connectivity index (χ1) is 10.1. The van der Waals surface area contributed by atoms with Gasteiger partial charge in [0, 0.05) is 17.8 Å². The fourth-order valence-electron chi connectivity index (χ4n) is 2.71. The van der Waals surface area contributed by atoms with Gasteiger partial charge in [0.05, 0.1) is 34.2 Å². The molecule has 1 aromatic heterocycles. The molecule has 0 bridgehead atoms. The Bertz CT molecular complexity index is 664. The molecule has 2 heterocycles. The lowest BCUT2D eigenvalue weighted by Gasteiger charge is -2.26. The molecular weight excluding hydrogens is 320 g/mol. The summed E-state index contributed by atoms with van der Waals surface area (Å²) in [5.74, 6) is 0.0122. The Balaban J connectivity index is 2.15. The third kappa shape index (κ3) is 3.51. The third-order valence-corrected chi connectivity index (χ3v) is 7.63. The summed E-state index contributed by atoms with van der Waals surface area (Å²) in [6, 6.07) is -0.0826. The zero-order chi connectivity index (χ0) is 16.7. The van der Waals surface area contributed by atoms with Crippen LogP contribution in [-0.2, 0) is 14.6 Å². The lowest BCUT2D eigenvalue weighted by Crippen LogP contribution is -2.35. The molecule has 1 fully saturated rings. The van der Waals surface area contributed by atoms with Crippen molar-refractivity contribution in [1.82, 2.24) is 9.88 Å². The average molecular weight is 345 g/mol. The molecule has 2 atom stereocenters. The summed E-state index contributed by atoms with van der Waals surface area (Å²) in [4.78, 5) is 19.9. The zero-order valence-electron chi connectivity index (χ0n) is 13.8. The smallest absolute Gasteiger partial charge is 0.227 e. The number of aryl methyl sites for hydroxylation is 1.